The van der Waals surface area contributed by atoms with Crippen LogP contribution in [0.5, 0.6) is 17.2 Å². The van der Waals surface area contributed by atoms with Crippen LogP contribution in [0.2, 0.25) is 0 Å². The third kappa shape index (κ3) is 8.96. The van der Waals surface area contributed by atoms with Gasteiger partial charge in [-0.1, -0.05) is 63.7 Å². The van der Waals surface area contributed by atoms with Crippen molar-refractivity contribution in [1.82, 2.24) is 4.72 Å². The number of benzene rings is 3. The van der Waals surface area contributed by atoms with E-state index in [2.05, 4.69) is 4.72 Å². The van der Waals surface area contributed by atoms with E-state index in [-0.39, 0.29) is 40.9 Å². The largest absolute Gasteiger partial charge is 0.511 e. The van der Waals surface area contributed by atoms with Gasteiger partial charge in [0, 0.05) is 17.9 Å². The van der Waals surface area contributed by atoms with Crippen molar-refractivity contribution in [1.29, 1.82) is 0 Å². The molecule has 3 aromatic carbocycles. The Kier molecular flexibility index (Phi) is 10.5. The second-order valence-electron chi connectivity index (χ2n) is 12.4. The van der Waals surface area contributed by atoms with Crippen LogP contribution in [0.3, 0.4) is 0 Å². The summed E-state index contributed by atoms with van der Waals surface area (Å²) in [4.78, 5) is 14.4. The fraction of sp³-hybridized carbons (Fsp3) is 0.382. The summed E-state index contributed by atoms with van der Waals surface area (Å²) in [6.45, 7) is 9.47. The lowest BCUT2D eigenvalue weighted by molar-refractivity contribution is -0.159. The third-order valence-electron chi connectivity index (χ3n) is 7.68. The van der Waals surface area contributed by atoms with Crippen LogP contribution in [0.1, 0.15) is 69.2 Å². The fourth-order valence-corrected chi connectivity index (χ4v) is 7.29. The summed E-state index contributed by atoms with van der Waals surface area (Å²) < 4.78 is 38.5. The van der Waals surface area contributed by atoms with Gasteiger partial charge in [-0.05, 0) is 96.7 Å². The van der Waals surface area contributed by atoms with Gasteiger partial charge >= 0.3 is 16.3 Å². The molecule has 0 fully saturated rings. The first-order valence-electron chi connectivity index (χ1n) is 14.8. The van der Waals surface area contributed by atoms with Crippen molar-refractivity contribution in [3.8, 4) is 17.2 Å². The fourth-order valence-electron chi connectivity index (χ4n) is 5.21. The standard InChI is InChI=1S/C34H41NO8S2/c1-6-35-45(40,41)43-29-20-27(33(3,4)5)30(19-22(29)2)44-31-28(38)21-34(42-32(31)39,17-15-23-7-11-25(36)12-8-23)18-16-24-9-13-26(37)14-10-24/h7-14,19-20,35-38H,6,15-18,21H2,1-5H3. The van der Waals surface area contributed by atoms with Crippen molar-refractivity contribution >= 4 is 28.0 Å². The number of carbonyl (C=O) groups is 1. The Labute approximate surface area is 269 Å². The van der Waals surface area contributed by atoms with Crippen LogP contribution in [0.4, 0.5) is 0 Å². The van der Waals surface area contributed by atoms with Crippen LogP contribution >= 0.6 is 11.8 Å². The zero-order chi connectivity index (χ0) is 33.0. The summed E-state index contributed by atoms with van der Waals surface area (Å²) in [6, 6.07) is 17.1. The minimum Gasteiger partial charge on any atom is -0.511 e. The molecule has 0 radical (unpaired) electrons. The van der Waals surface area contributed by atoms with Crippen molar-refractivity contribution in [3.05, 3.63) is 93.6 Å². The van der Waals surface area contributed by atoms with E-state index in [1.54, 1.807) is 50.2 Å². The average Bonchev–Trinajstić information content (AvgIpc) is 2.95. The number of phenolic OH excluding ortho intramolecular Hbond substituents is 2. The van der Waals surface area contributed by atoms with Crippen LogP contribution in [0.15, 0.2) is 76.2 Å². The molecule has 0 aliphatic carbocycles. The van der Waals surface area contributed by atoms with Gasteiger partial charge in [0.25, 0.3) is 0 Å². The summed E-state index contributed by atoms with van der Waals surface area (Å²) >= 11 is 1.10. The quantitative estimate of drug-likeness (QED) is 0.156. The zero-order valence-corrected chi connectivity index (χ0v) is 27.8. The van der Waals surface area contributed by atoms with Crippen LogP contribution in [0, 0.1) is 6.92 Å². The predicted octanol–water partition coefficient (Wildman–Crippen LogP) is 6.75. The van der Waals surface area contributed by atoms with E-state index in [4.69, 9.17) is 8.92 Å². The molecule has 242 valence electrons. The molecule has 3 aromatic rings. The number of cyclic esters (lactones) is 1. The number of aliphatic hydroxyl groups excluding tert-OH is 1. The van der Waals surface area contributed by atoms with Crippen LogP contribution in [-0.2, 0) is 38.1 Å². The lowest BCUT2D eigenvalue weighted by Crippen LogP contribution is -2.41. The molecule has 0 amide bonds. The Balaban J connectivity index is 1.65. The molecule has 0 saturated carbocycles. The van der Waals surface area contributed by atoms with Crippen molar-refractivity contribution in [2.45, 2.75) is 82.6 Å². The first-order valence-corrected chi connectivity index (χ1v) is 17.1. The number of aliphatic hydroxyl groups is 1. The zero-order valence-electron chi connectivity index (χ0n) is 26.2. The van der Waals surface area contributed by atoms with Gasteiger partial charge in [0.15, 0.2) is 0 Å². The molecule has 0 spiro atoms. The topological polar surface area (TPSA) is 142 Å². The molecule has 9 nitrogen and oxygen atoms in total. The van der Waals surface area contributed by atoms with E-state index in [1.165, 1.54) is 0 Å². The number of nitrogens with one attached hydrogen (secondary N) is 1. The predicted molar refractivity (Wildman–Crippen MR) is 175 cm³/mol. The third-order valence-corrected chi connectivity index (χ3v) is 9.88. The van der Waals surface area contributed by atoms with Gasteiger partial charge in [0.05, 0.1) is 0 Å². The van der Waals surface area contributed by atoms with Crippen molar-refractivity contribution in [2.24, 2.45) is 0 Å². The number of hydrogen-bond donors (Lipinski definition) is 4. The van der Waals surface area contributed by atoms with Gasteiger partial charge in [-0.2, -0.15) is 13.1 Å². The minimum absolute atomic E-state index is 0.0692. The van der Waals surface area contributed by atoms with Crippen LogP contribution < -0.4 is 8.91 Å². The summed E-state index contributed by atoms with van der Waals surface area (Å²) in [5.74, 6) is -0.197. The van der Waals surface area contributed by atoms with Crippen LogP contribution in [0.25, 0.3) is 0 Å². The SMILES string of the molecule is CCNS(=O)(=O)Oc1cc(C(C)(C)C)c(SC2=C(O)CC(CCc3ccc(O)cc3)(CCc3ccc(O)cc3)OC2=O)cc1C. The maximum Gasteiger partial charge on any atom is 0.382 e. The number of rotatable bonds is 12. The van der Waals surface area contributed by atoms with Crippen molar-refractivity contribution in [3.63, 3.8) is 0 Å². The molecule has 1 aliphatic rings. The summed E-state index contributed by atoms with van der Waals surface area (Å²) in [5, 5.41) is 30.8. The second kappa shape index (κ2) is 13.8. The highest BCUT2D eigenvalue weighted by Gasteiger charge is 2.42. The normalized spacial score (nSPS) is 15.2. The number of ether oxygens (including phenoxy) is 1. The number of phenols is 2. The molecule has 0 saturated heterocycles. The number of esters is 1. The molecule has 45 heavy (non-hydrogen) atoms. The number of aromatic hydroxyl groups is 2. The molecule has 1 heterocycles. The Bertz CT molecular complexity index is 1610. The Morgan fingerprint density at radius 2 is 1.47 bits per heavy atom. The molecule has 0 aromatic heterocycles. The molecule has 0 unspecified atom stereocenters. The summed E-state index contributed by atoms with van der Waals surface area (Å²) in [7, 11) is -4.00. The highest BCUT2D eigenvalue weighted by Crippen LogP contribution is 2.45. The molecule has 0 bridgehead atoms. The van der Waals surface area contributed by atoms with Gasteiger partial charge in [0.2, 0.25) is 0 Å². The van der Waals surface area contributed by atoms with Gasteiger partial charge in [-0.3, -0.25) is 0 Å². The number of carbonyl (C=O) groups excluding carboxylic acids is 1. The lowest BCUT2D eigenvalue weighted by atomic mass is 9.84. The number of aryl methyl sites for hydroxylation is 3. The molecule has 11 heteroatoms. The molecular formula is C34H41NO8S2. The first-order chi connectivity index (χ1) is 21.1. The molecule has 4 rings (SSSR count). The van der Waals surface area contributed by atoms with Gasteiger partial charge in [-0.15, -0.1) is 0 Å². The summed E-state index contributed by atoms with van der Waals surface area (Å²) in [6.07, 6.45) is 2.13. The van der Waals surface area contributed by atoms with E-state index in [0.717, 1.165) is 28.5 Å². The van der Waals surface area contributed by atoms with E-state index >= 15 is 0 Å². The average molecular weight is 656 g/mol. The highest BCUT2D eigenvalue weighted by atomic mass is 32.2. The Hall–Kier alpha value is -3.67. The van der Waals surface area contributed by atoms with Crippen molar-refractivity contribution in [2.75, 3.05) is 6.54 Å². The van der Waals surface area contributed by atoms with E-state index in [9.17, 15) is 28.5 Å². The monoisotopic (exact) mass is 655 g/mol. The molecular weight excluding hydrogens is 615 g/mol. The van der Waals surface area contributed by atoms with Gasteiger partial charge in [0.1, 0.15) is 33.5 Å². The van der Waals surface area contributed by atoms with Crippen LogP contribution in [-0.4, -0.2) is 41.9 Å². The van der Waals surface area contributed by atoms with E-state index in [1.807, 2.05) is 45.0 Å². The van der Waals surface area contributed by atoms with Crippen molar-refractivity contribution < 1.29 is 37.5 Å². The van der Waals surface area contributed by atoms with E-state index < -0.39 is 27.3 Å². The van der Waals surface area contributed by atoms with Gasteiger partial charge in [-0.25, -0.2) is 4.79 Å². The number of thioether (sulfide) groups is 1. The Morgan fingerprint density at radius 3 is 1.93 bits per heavy atom. The maximum atomic E-state index is 13.7. The van der Waals surface area contributed by atoms with E-state index in [0.29, 0.717) is 36.1 Å². The molecule has 1 aliphatic heterocycles. The van der Waals surface area contributed by atoms with Gasteiger partial charge < -0.3 is 24.2 Å². The summed E-state index contributed by atoms with van der Waals surface area (Å²) in [5.41, 5.74) is 1.77. The number of hydrogen-bond acceptors (Lipinski definition) is 9. The molecule has 0 atom stereocenters. The Morgan fingerprint density at radius 1 is 0.933 bits per heavy atom. The smallest absolute Gasteiger partial charge is 0.382 e. The molecule has 4 N–H and O–H groups in total. The maximum absolute atomic E-state index is 13.7. The minimum atomic E-state index is -4.00. The second-order valence-corrected chi connectivity index (χ2v) is 14.8. The lowest BCUT2D eigenvalue weighted by Gasteiger charge is -2.37. The highest BCUT2D eigenvalue weighted by molar-refractivity contribution is 8.04. The first kappa shape index (κ1) is 34.2.